The van der Waals surface area contributed by atoms with Gasteiger partial charge in [0, 0.05) is 12.6 Å². The van der Waals surface area contributed by atoms with Crippen molar-refractivity contribution in [2.75, 3.05) is 31.7 Å². The number of piperidine rings is 1. The molecule has 0 spiro atoms. The zero-order valence-corrected chi connectivity index (χ0v) is 16.6. The monoisotopic (exact) mass is 381 g/mol. The molecule has 2 heterocycles. The molecule has 7 nitrogen and oxygen atoms in total. The summed E-state index contributed by atoms with van der Waals surface area (Å²) >= 11 is 0. The van der Waals surface area contributed by atoms with Crippen LogP contribution in [0.15, 0.2) is 42.6 Å². The van der Waals surface area contributed by atoms with Gasteiger partial charge in [0.25, 0.3) is 0 Å². The molecule has 28 heavy (non-hydrogen) atoms. The molecule has 0 unspecified atom stereocenters. The first-order valence-electron chi connectivity index (χ1n) is 9.42. The van der Waals surface area contributed by atoms with Gasteiger partial charge in [-0.05, 0) is 51.1 Å². The Kier molecular flexibility index (Phi) is 5.94. The number of rotatable bonds is 3. The fourth-order valence-electron chi connectivity index (χ4n) is 3.62. The Bertz CT molecular complexity index is 853. The fraction of sp³-hybridized carbons (Fsp3) is 0.381. The predicted molar refractivity (Wildman–Crippen MR) is 110 cm³/mol. The number of pyridine rings is 1. The number of aryl methyl sites for hydroxylation is 1. The molecule has 3 N–H and O–H groups in total. The van der Waals surface area contributed by atoms with Crippen LogP contribution in [0.1, 0.15) is 30.0 Å². The highest BCUT2D eigenvalue weighted by atomic mass is 16.2. The Morgan fingerprint density at radius 2 is 1.96 bits per heavy atom. The van der Waals surface area contributed by atoms with Gasteiger partial charge in [-0.3, -0.25) is 9.59 Å². The smallest absolute Gasteiger partial charge is 0.313 e. The van der Waals surface area contributed by atoms with Crippen molar-refractivity contribution in [3.05, 3.63) is 53.7 Å². The van der Waals surface area contributed by atoms with E-state index in [1.165, 1.54) is 6.20 Å². The lowest BCUT2D eigenvalue weighted by Crippen LogP contribution is -2.49. The molecule has 7 heteroatoms. The van der Waals surface area contributed by atoms with Crippen LogP contribution >= 0.6 is 0 Å². The number of nitrogens with two attached hydrogens (primary N) is 1. The fourth-order valence-corrected chi connectivity index (χ4v) is 3.62. The first-order valence-corrected chi connectivity index (χ1v) is 9.42. The first kappa shape index (κ1) is 19.8. The Morgan fingerprint density at radius 1 is 1.25 bits per heavy atom. The number of nitrogens with zero attached hydrogens (tertiary/aromatic N) is 3. The summed E-state index contributed by atoms with van der Waals surface area (Å²) in [6.45, 7) is 2.34. The molecule has 0 saturated carbocycles. The predicted octanol–water partition coefficient (Wildman–Crippen LogP) is 2.20. The summed E-state index contributed by atoms with van der Waals surface area (Å²) in [5.41, 5.74) is 7.97. The van der Waals surface area contributed by atoms with Gasteiger partial charge in [-0.25, -0.2) is 4.98 Å². The number of anilines is 2. The minimum atomic E-state index is -0.657. The van der Waals surface area contributed by atoms with Gasteiger partial charge >= 0.3 is 11.8 Å². The van der Waals surface area contributed by atoms with Crippen LogP contribution in [0.2, 0.25) is 0 Å². The van der Waals surface area contributed by atoms with Crippen LogP contribution in [0.25, 0.3) is 0 Å². The molecule has 2 atom stereocenters. The van der Waals surface area contributed by atoms with Crippen molar-refractivity contribution in [2.45, 2.75) is 31.8 Å². The SMILES string of the molecule is Cc1cc(NC(=O)C(=O)N2CC[C@H](N(C)C)C[C@@H]2c2ccccc2)cnc1N. The van der Waals surface area contributed by atoms with Crippen molar-refractivity contribution in [2.24, 2.45) is 0 Å². The standard InChI is InChI=1S/C21H27N5O2/c1-14-11-16(13-23-19(14)22)24-20(27)21(28)26-10-9-17(25(2)3)12-18(26)15-7-5-4-6-8-15/h4-8,11,13,17-18H,9-10,12H2,1-3H3,(H2,22,23)(H,24,27)/t17-,18+/m0/s1. The molecule has 1 saturated heterocycles. The van der Waals surface area contributed by atoms with Gasteiger partial charge in [0.1, 0.15) is 5.82 Å². The molecule has 1 aliphatic rings. The third kappa shape index (κ3) is 4.31. The molecule has 0 aliphatic carbocycles. The van der Waals surface area contributed by atoms with Gasteiger partial charge in [-0.2, -0.15) is 0 Å². The minimum absolute atomic E-state index is 0.133. The third-order valence-electron chi connectivity index (χ3n) is 5.32. The number of hydrogen-bond donors (Lipinski definition) is 2. The average Bonchev–Trinajstić information content (AvgIpc) is 2.70. The van der Waals surface area contributed by atoms with E-state index in [0.29, 0.717) is 24.1 Å². The molecular formula is C21H27N5O2. The van der Waals surface area contributed by atoms with Crippen molar-refractivity contribution >= 4 is 23.3 Å². The number of amides is 2. The molecule has 2 amide bonds. The summed E-state index contributed by atoms with van der Waals surface area (Å²) in [5.74, 6) is -0.782. The lowest BCUT2D eigenvalue weighted by molar-refractivity contribution is -0.146. The topological polar surface area (TPSA) is 91.6 Å². The lowest BCUT2D eigenvalue weighted by atomic mass is 9.91. The number of benzene rings is 1. The van der Waals surface area contributed by atoms with Crippen LogP contribution < -0.4 is 11.1 Å². The van der Waals surface area contributed by atoms with Crippen LogP contribution in [0.5, 0.6) is 0 Å². The molecule has 1 fully saturated rings. The van der Waals surface area contributed by atoms with Crippen molar-refractivity contribution < 1.29 is 9.59 Å². The first-order chi connectivity index (χ1) is 13.4. The normalized spacial score (nSPS) is 19.5. The summed E-state index contributed by atoms with van der Waals surface area (Å²) in [5, 5.41) is 2.65. The number of nitrogens with one attached hydrogen (secondary N) is 1. The third-order valence-corrected chi connectivity index (χ3v) is 5.32. The molecule has 148 valence electrons. The maximum Gasteiger partial charge on any atom is 0.313 e. The van der Waals surface area contributed by atoms with Gasteiger partial charge in [0.15, 0.2) is 0 Å². The number of carbonyl (C=O) groups excluding carboxylic acids is 2. The molecule has 1 aromatic heterocycles. The molecule has 1 aromatic carbocycles. The van der Waals surface area contributed by atoms with E-state index in [4.69, 9.17) is 5.73 Å². The zero-order valence-electron chi connectivity index (χ0n) is 16.6. The van der Waals surface area contributed by atoms with Gasteiger partial charge in [0.05, 0.1) is 17.9 Å². The second kappa shape index (κ2) is 8.39. The summed E-state index contributed by atoms with van der Waals surface area (Å²) in [6, 6.07) is 11.8. The van der Waals surface area contributed by atoms with Crippen molar-refractivity contribution in [1.82, 2.24) is 14.8 Å². The molecular weight excluding hydrogens is 354 g/mol. The summed E-state index contributed by atoms with van der Waals surface area (Å²) in [4.78, 5) is 33.5. The number of hydrogen-bond acceptors (Lipinski definition) is 5. The second-order valence-corrected chi connectivity index (χ2v) is 7.45. The zero-order chi connectivity index (χ0) is 20.3. The van der Waals surface area contributed by atoms with Crippen LogP contribution in [-0.2, 0) is 9.59 Å². The quantitative estimate of drug-likeness (QED) is 0.796. The maximum absolute atomic E-state index is 13.0. The van der Waals surface area contributed by atoms with E-state index >= 15 is 0 Å². The number of aromatic nitrogens is 1. The number of carbonyl (C=O) groups is 2. The Morgan fingerprint density at radius 3 is 2.61 bits per heavy atom. The van der Waals surface area contributed by atoms with E-state index in [2.05, 4.69) is 15.2 Å². The second-order valence-electron chi connectivity index (χ2n) is 7.45. The Hall–Kier alpha value is -2.93. The van der Waals surface area contributed by atoms with E-state index in [1.807, 2.05) is 44.4 Å². The molecule has 2 aromatic rings. The Labute approximate surface area is 165 Å². The molecule has 3 rings (SSSR count). The molecule has 1 aliphatic heterocycles. The van der Waals surface area contributed by atoms with Gasteiger partial charge in [-0.15, -0.1) is 0 Å². The van der Waals surface area contributed by atoms with Crippen molar-refractivity contribution in [3.63, 3.8) is 0 Å². The van der Waals surface area contributed by atoms with Gasteiger partial charge in [-0.1, -0.05) is 30.3 Å². The van der Waals surface area contributed by atoms with Crippen LogP contribution in [0, 0.1) is 6.92 Å². The Balaban J connectivity index is 1.79. The number of nitrogen functional groups attached to an aromatic ring is 1. The largest absolute Gasteiger partial charge is 0.383 e. The van der Waals surface area contributed by atoms with E-state index in [1.54, 1.807) is 17.9 Å². The van der Waals surface area contributed by atoms with E-state index < -0.39 is 11.8 Å². The van der Waals surface area contributed by atoms with E-state index in [-0.39, 0.29) is 6.04 Å². The number of likely N-dealkylation sites (tertiary alicyclic amines) is 1. The highest BCUT2D eigenvalue weighted by Gasteiger charge is 2.36. The summed E-state index contributed by atoms with van der Waals surface area (Å²) in [7, 11) is 4.10. The van der Waals surface area contributed by atoms with Crippen LogP contribution in [0.3, 0.4) is 0 Å². The lowest BCUT2D eigenvalue weighted by Gasteiger charge is -2.41. The van der Waals surface area contributed by atoms with E-state index in [9.17, 15) is 9.59 Å². The molecule has 0 radical (unpaired) electrons. The van der Waals surface area contributed by atoms with E-state index in [0.717, 1.165) is 24.0 Å². The summed E-state index contributed by atoms with van der Waals surface area (Å²) < 4.78 is 0. The van der Waals surface area contributed by atoms with Gasteiger partial charge < -0.3 is 20.9 Å². The van der Waals surface area contributed by atoms with Crippen molar-refractivity contribution in [1.29, 1.82) is 0 Å². The van der Waals surface area contributed by atoms with Crippen LogP contribution in [0.4, 0.5) is 11.5 Å². The van der Waals surface area contributed by atoms with Crippen LogP contribution in [-0.4, -0.2) is 53.3 Å². The maximum atomic E-state index is 13.0. The highest BCUT2D eigenvalue weighted by molar-refractivity contribution is 6.39. The summed E-state index contributed by atoms with van der Waals surface area (Å²) in [6.07, 6.45) is 3.08. The minimum Gasteiger partial charge on any atom is -0.383 e. The molecule has 0 bridgehead atoms. The van der Waals surface area contributed by atoms with Gasteiger partial charge in [0.2, 0.25) is 0 Å². The van der Waals surface area contributed by atoms with Crippen molar-refractivity contribution in [3.8, 4) is 0 Å². The average molecular weight is 381 g/mol. The highest BCUT2D eigenvalue weighted by Crippen LogP contribution is 2.32.